The van der Waals surface area contributed by atoms with Gasteiger partial charge in [-0.25, -0.2) is 0 Å². The summed E-state index contributed by atoms with van der Waals surface area (Å²) in [6.45, 7) is 1.50. The first-order chi connectivity index (χ1) is 13.0. The van der Waals surface area contributed by atoms with Crippen LogP contribution in [0.2, 0.25) is 5.02 Å². The van der Waals surface area contributed by atoms with E-state index in [-0.39, 0.29) is 33.1 Å². The molecule has 0 amide bonds. The van der Waals surface area contributed by atoms with Gasteiger partial charge in [0.25, 0.3) is 5.91 Å². The number of hydrogen-bond acceptors (Lipinski definition) is 5. The second kappa shape index (κ2) is 7.02. The number of benzene rings is 1. The molecule has 2 heterocycles. The van der Waals surface area contributed by atoms with Crippen molar-refractivity contribution in [3.05, 3.63) is 45.4 Å². The summed E-state index contributed by atoms with van der Waals surface area (Å²) in [6.07, 6.45) is -5.31. The summed E-state index contributed by atoms with van der Waals surface area (Å²) < 4.78 is 42.0. The van der Waals surface area contributed by atoms with Gasteiger partial charge < -0.3 is 14.9 Å². The van der Waals surface area contributed by atoms with Gasteiger partial charge in [0, 0.05) is 22.5 Å². The van der Waals surface area contributed by atoms with Crippen LogP contribution in [0.4, 0.5) is 13.2 Å². The van der Waals surface area contributed by atoms with Crippen molar-refractivity contribution in [2.24, 2.45) is 0 Å². The zero-order chi connectivity index (χ0) is 20.8. The summed E-state index contributed by atoms with van der Waals surface area (Å²) in [5.41, 5.74) is 0.708. The number of phenols is 1. The van der Waals surface area contributed by atoms with E-state index in [1.807, 2.05) is 0 Å². The first kappa shape index (κ1) is 20.0. The third-order valence-electron chi connectivity index (χ3n) is 3.97. The smallest absolute Gasteiger partial charge is 0.506 e. The van der Waals surface area contributed by atoms with Gasteiger partial charge in [0.1, 0.15) is 5.75 Å². The summed E-state index contributed by atoms with van der Waals surface area (Å²) in [4.78, 5) is 24.1. The van der Waals surface area contributed by atoms with Crippen LogP contribution in [0.3, 0.4) is 0 Å². The number of carboxylic acid groups (broad SMARTS) is 1. The average Bonchev–Trinajstić information content (AvgIpc) is 3.10. The molecule has 2 aromatic heterocycles. The van der Waals surface area contributed by atoms with Crippen LogP contribution in [-0.4, -0.2) is 33.0 Å². The minimum atomic E-state index is -4.89. The first-order valence-corrected chi connectivity index (χ1v) is 8.87. The van der Waals surface area contributed by atoms with E-state index in [1.54, 1.807) is 0 Å². The molecule has 0 bridgehead atoms. The number of carbonyl (C=O) groups is 2. The predicted octanol–water partition coefficient (Wildman–Crippen LogP) is 4.58. The fourth-order valence-corrected chi connectivity index (χ4v) is 3.76. The highest BCUT2D eigenvalue weighted by Gasteiger charge is 2.32. The van der Waals surface area contributed by atoms with Gasteiger partial charge in [-0.15, -0.1) is 24.5 Å². The number of halogens is 4. The maximum Gasteiger partial charge on any atom is 0.573 e. The monoisotopic (exact) mass is 433 g/mol. The maximum atomic E-state index is 12.9. The third-order valence-corrected chi connectivity index (χ3v) is 5.08. The molecule has 0 fully saturated rings. The summed E-state index contributed by atoms with van der Waals surface area (Å²) in [7, 11) is 0. The number of hydrogen-bond donors (Lipinski definition) is 2. The lowest BCUT2D eigenvalue weighted by atomic mass is 10.1. The van der Waals surface area contributed by atoms with Crippen molar-refractivity contribution in [1.29, 1.82) is 0 Å². The van der Waals surface area contributed by atoms with Crippen LogP contribution in [0.25, 0.3) is 10.9 Å². The Morgan fingerprint density at radius 1 is 1.29 bits per heavy atom. The number of carboxylic acids is 1. The van der Waals surface area contributed by atoms with E-state index >= 15 is 0 Å². The van der Waals surface area contributed by atoms with Crippen molar-refractivity contribution in [2.45, 2.75) is 19.7 Å². The average molecular weight is 434 g/mol. The second-order valence-corrected chi connectivity index (χ2v) is 7.08. The number of aromatic hydroxyl groups is 1. The molecule has 6 nitrogen and oxygen atoms in total. The van der Waals surface area contributed by atoms with Gasteiger partial charge in [-0.1, -0.05) is 11.6 Å². The molecule has 0 aliphatic rings. The van der Waals surface area contributed by atoms with Crippen molar-refractivity contribution in [1.82, 2.24) is 4.57 Å². The highest BCUT2D eigenvalue weighted by atomic mass is 35.5. The SMILES string of the molecule is Cc1c(CC(=O)O)c2cc(O)c(Cl)cc2n1C(=O)c1csc(OC(F)(F)F)c1. The van der Waals surface area contributed by atoms with E-state index in [4.69, 9.17) is 16.7 Å². The molecule has 0 unspecified atom stereocenters. The van der Waals surface area contributed by atoms with Crippen molar-refractivity contribution in [2.75, 3.05) is 0 Å². The van der Waals surface area contributed by atoms with E-state index in [9.17, 15) is 27.9 Å². The van der Waals surface area contributed by atoms with Crippen molar-refractivity contribution in [3.63, 3.8) is 0 Å². The topological polar surface area (TPSA) is 88.8 Å². The summed E-state index contributed by atoms with van der Waals surface area (Å²) in [6, 6.07) is 3.49. The van der Waals surface area contributed by atoms with E-state index in [0.29, 0.717) is 16.7 Å². The molecule has 2 N–H and O–H groups in total. The van der Waals surface area contributed by atoms with E-state index in [2.05, 4.69) is 4.74 Å². The fraction of sp³-hybridized carbons (Fsp3) is 0.176. The Bertz CT molecular complexity index is 1100. The lowest BCUT2D eigenvalue weighted by Gasteiger charge is -2.07. The number of fused-ring (bicyclic) bond motifs is 1. The van der Waals surface area contributed by atoms with Crippen LogP contribution < -0.4 is 4.74 Å². The van der Waals surface area contributed by atoms with E-state index in [1.165, 1.54) is 24.4 Å². The molecule has 0 saturated carbocycles. The quantitative estimate of drug-likeness (QED) is 0.628. The Morgan fingerprint density at radius 3 is 2.57 bits per heavy atom. The van der Waals surface area contributed by atoms with Crippen molar-refractivity contribution in [3.8, 4) is 10.8 Å². The van der Waals surface area contributed by atoms with E-state index < -0.39 is 29.7 Å². The Balaban J connectivity index is 2.14. The number of rotatable bonds is 4. The predicted molar refractivity (Wildman–Crippen MR) is 95.4 cm³/mol. The number of aliphatic carboxylic acids is 1. The Labute approximate surface area is 164 Å². The zero-order valence-corrected chi connectivity index (χ0v) is 15.6. The molecule has 0 atom stereocenters. The normalized spacial score (nSPS) is 11.8. The maximum absolute atomic E-state index is 12.9. The largest absolute Gasteiger partial charge is 0.573 e. The molecule has 3 rings (SSSR count). The lowest BCUT2D eigenvalue weighted by molar-refractivity contribution is -0.273. The van der Waals surface area contributed by atoms with Crippen LogP contribution in [-0.2, 0) is 11.2 Å². The number of thiophene rings is 1. The van der Waals surface area contributed by atoms with Crippen molar-refractivity contribution < 1.29 is 37.7 Å². The number of phenolic OH excluding ortho intramolecular Hbond substituents is 1. The molecular formula is C17H11ClF3NO5S. The van der Waals surface area contributed by atoms with Gasteiger partial charge in [-0.05, 0) is 24.6 Å². The molecule has 0 saturated heterocycles. The molecule has 0 aliphatic carbocycles. The van der Waals surface area contributed by atoms with Gasteiger partial charge in [-0.2, -0.15) is 0 Å². The summed E-state index contributed by atoms with van der Waals surface area (Å²) in [5.74, 6) is -2.13. The van der Waals surface area contributed by atoms with Crippen LogP contribution >= 0.6 is 22.9 Å². The van der Waals surface area contributed by atoms with Gasteiger partial charge in [0.05, 0.1) is 22.5 Å². The number of nitrogens with zero attached hydrogens (tertiary/aromatic N) is 1. The molecule has 0 radical (unpaired) electrons. The Kier molecular flexibility index (Phi) is 5.02. The minimum absolute atomic E-state index is 0.0627. The van der Waals surface area contributed by atoms with E-state index in [0.717, 1.165) is 10.6 Å². The fourth-order valence-electron chi connectivity index (χ4n) is 2.85. The Morgan fingerprint density at radius 2 is 1.96 bits per heavy atom. The molecule has 148 valence electrons. The van der Waals surface area contributed by atoms with Crippen molar-refractivity contribution >= 4 is 45.7 Å². The highest BCUT2D eigenvalue weighted by molar-refractivity contribution is 7.12. The van der Waals surface area contributed by atoms with Crippen LogP contribution in [0, 0.1) is 6.92 Å². The zero-order valence-electron chi connectivity index (χ0n) is 14.0. The highest BCUT2D eigenvalue weighted by Crippen LogP contribution is 2.36. The van der Waals surface area contributed by atoms with Gasteiger partial charge in [-0.3, -0.25) is 14.2 Å². The third kappa shape index (κ3) is 3.78. The van der Waals surface area contributed by atoms with Gasteiger partial charge >= 0.3 is 12.3 Å². The summed E-state index contributed by atoms with van der Waals surface area (Å²) >= 11 is 6.52. The molecule has 0 aliphatic heterocycles. The number of alkyl halides is 3. The number of ether oxygens (including phenoxy) is 1. The van der Waals surface area contributed by atoms with Crippen LogP contribution in [0.15, 0.2) is 23.6 Å². The Hall–Kier alpha value is -2.72. The van der Waals surface area contributed by atoms with Crippen LogP contribution in [0.1, 0.15) is 21.6 Å². The first-order valence-electron chi connectivity index (χ1n) is 7.61. The molecule has 1 aromatic carbocycles. The standard InChI is InChI=1S/C17H11ClF3NO5S/c1-7-9(4-14(24)25)10-3-13(23)11(18)5-12(10)22(7)16(26)8-2-15(28-6-8)27-17(19,20)21/h2-3,5-6,23H,4H2,1H3,(H,24,25). The molecular weight excluding hydrogens is 423 g/mol. The summed E-state index contributed by atoms with van der Waals surface area (Å²) in [5, 5.41) is 19.9. The van der Waals surface area contributed by atoms with Crippen LogP contribution in [0.5, 0.6) is 10.8 Å². The molecule has 3 aromatic rings. The molecule has 0 spiro atoms. The second-order valence-electron chi connectivity index (χ2n) is 5.80. The minimum Gasteiger partial charge on any atom is -0.506 e. The molecule has 28 heavy (non-hydrogen) atoms. The lowest BCUT2D eigenvalue weighted by Crippen LogP contribution is -2.16. The van der Waals surface area contributed by atoms with Gasteiger partial charge in [0.15, 0.2) is 5.06 Å². The van der Waals surface area contributed by atoms with Gasteiger partial charge in [0.2, 0.25) is 0 Å². The number of aromatic nitrogens is 1. The molecule has 11 heteroatoms. The number of carbonyl (C=O) groups excluding carboxylic acids is 1.